The Hall–Kier alpha value is -3.73. The van der Waals surface area contributed by atoms with Crippen LogP contribution in [0.1, 0.15) is 12.5 Å². The monoisotopic (exact) mass is 463 g/mol. The number of amides is 2. The first-order valence-electron chi connectivity index (χ1n) is 9.84. The quantitative estimate of drug-likeness (QED) is 0.480. The molecule has 0 aliphatic carbocycles. The van der Waals surface area contributed by atoms with Gasteiger partial charge in [-0.1, -0.05) is 0 Å². The van der Waals surface area contributed by atoms with Crippen molar-refractivity contribution in [1.82, 2.24) is 15.3 Å². The SMILES string of the molecule is COC[C@H](C)Nc1nccc(N(C(=O)NCc2c(F)cc(F)cc2F)c2ccc(F)cc2)n1. The fourth-order valence-electron chi connectivity index (χ4n) is 2.98. The van der Waals surface area contributed by atoms with E-state index in [0.29, 0.717) is 18.7 Å². The summed E-state index contributed by atoms with van der Waals surface area (Å²) >= 11 is 0. The van der Waals surface area contributed by atoms with Crippen molar-refractivity contribution in [2.24, 2.45) is 0 Å². The summed E-state index contributed by atoms with van der Waals surface area (Å²) in [5.41, 5.74) is -0.272. The first-order valence-corrected chi connectivity index (χ1v) is 9.84. The molecule has 1 heterocycles. The Labute approximate surface area is 187 Å². The second kappa shape index (κ2) is 10.7. The number of hydrogen-bond donors (Lipinski definition) is 2. The van der Waals surface area contributed by atoms with Gasteiger partial charge in [0.05, 0.1) is 18.8 Å². The van der Waals surface area contributed by atoms with Crippen molar-refractivity contribution in [2.75, 3.05) is 23.9 Å². The molecule has 1 aromatic heterocycles. The molecular weight excluding hydrogens is 442 g/mol. The minimum absolute atomic E-state index is 0.112. The van der Waals surface area contributed by atoms with E-state index >= 15 is 0 Å². The molecule has 0 radical (unpaired) electrons. The molecule has 1 atom stereocenters. The Kier molecular flexibility index (Phi) is 7.78. The van der Waals surface area contributed by atoms with E-state index < -0.39 is 41.4 Å². The Morgan fingerprint density at radius 1 is 1.06 bits per heavy atom. The van der Waals surface area contributed by atoms with Gasteiger partial charge in [-0.05, 0) is 31.2 Å². The molecule has 2 aromatic carbocycles. The summed E-state index contributed by atoms with van der Waals surface area (Å²) in [5, 5.41) is 5.40. The molecule has 2 amide bonds. The molecule has 0 unspecified atom stereocenters. The topological polar surface area (TPSA) is 79.4 Å². The number of aromatic nitrogens is 2. The van der Waals surface area contributed by atoms with Crippen molar-refractivity contribution in [1.29, 1.82) is 0 Å². The number of nitrogens with zero attached hydrogens (tertiary/aromatic N) is 3. The van der Waals surface area contributed by atoms with Crippen molar-refractivity contribution in [3.63, 3.8) is 0 Å². The van der Waals surface area contributed by atoms with Crippen LogP contribution in [0.15, 0.2) is 48.7 Å². The Bertz CT molecular complexity index is 1090. The van der Waals surface area contributed by atoms with Crippen LogP contribution in [0.2, 0.25) is 0 Å². The summed E-state index contributed by atoms with van der Waals surface area (Å²) in [7, 11) is 1.54. The van der Waals surface area contributed by atoms with Crippen molar-refractivity contribution in [2.45, 2.75) is 19.5 Å². The highest BCUT2D eigenvalue weighted by Crippen LogP contribution is 2.25. The van der Waals surface area contributed by atoms with Gasteiger partial charge in [0, 0.05) is 43.1 Å². The molecule has 0 bridgehead atoms. The van der Waals surface area contributed by atoms with Crippen molar-refractivity contribution < 1.29 is 27.1 Å². The van der Waals surface area contributed by atoms with Gasteiger partial charge < -0.3 is 15.4 Å². The predicted molar refractivity (Wildman–Crippen MR) is 114 cm³/mol. The van der Waals surface area contributed by atoms with Crippen LogP contribution < -0.4 is 15.5 Å². The second-order valence-electron chi connectivity index (χ2n) is 7.06. The molecule has 11 heteroatoms. The highest BCUT2D eigenvalue weighted by molar-refractivity contribution is 5.98. The number of anilines is 3. The van der Waals surface area contributed by atoms with Gasteiger partial charge in [0.1, 0.15) is 29.1 Å². The number of methoxy groups -OCH3 is 1. The van der Waals surface area contributed by atoms with Crippen LogP contribution in [0.4, 0.5) is 39.8 Å². The van der Waals surface area contributed by atoms with Gasteiger partial charge in [-0.25, -0.2) is 32.2 Å². The Morgan fingerprint density at radius 2 is 1.73 bits per heavy atom. The van der Waals surface area contributed by atoms with Gasteiger partial charge in [0.25, 0.3) is 0 Å². The molecular formula is C22H21F4N5O2. The Morgan fingerprint density at radius 3 is 2.36 bits per heavy atom. The zero-order valence-corrected chi connectivity index (χ0v) is 17.8. The van der Waals surface area contributed by atoms with E-state index in [1.54, 1.807) is 7.11 Å². The first-order chi connectivity index (χ1) is 15.8. The first kappa shape index (κ1) is 23.9. The average molecular weight is 463 g/mol. The molecule has 0 aliphatic heterocycles. The van der Waals surface area contributed by atoms with Crippen LogP contribution in [0.5, 0.6) is 0 Å². The van der Waals surface area contributed by atoms with Gasteiger partial charge >= 0.3 is 6.03 Å². The third kappa shape index (κ3) is 6.16. The smallest absolute Gasteiger partial charge is 0.327 e. The number of nitrogens with one attached hydrogen (secondary N) is 2. The maximum Gasteiger partial charge on any atom is 0.327 e. The third-order valence-corrected chi connectivity index (χ3v) is 4.47. The lowest BCUT2D eigenvalue weighted by atomic mass is 10.2. The van der Waals surface area contributed by atoms with Crippen LogP contribution in [0.25, 0.3) is 0 Å². The van der Waals surface area contributed by atoms with E-state index in [0.717, 1.165) is 17.0 Å². The molecule has 0 spiro atoms. The number of carbonyl (C=O) groups excluding carboxylic acids is 1. The standard InChI is InChI=1S/C22H21F4N5O2/c1-13(12-33-2)29-21-27-8-7-20(30-21)31(16-5-3-14(23)4-6-16)22(32)28-11-17-18(25)9-15(24)10-19(17)26/h3-10,13H,11-12H2,1-2H3,(H,28,32)(H,27,29,30)/t13-/m0/s1. The zero-order valence-electron chi connectivity index (χ0n) is 17.8. The second-order valence-corrected chi connectivity index (χ2v) is 7.06. The molecule has 0 aliphatic rings. The number of hydrogen-bond acceptors (Lipinski definition) is 5. The van der Waals surface area contributed by atoms with Crippen molar-refractivity contribution in [3.05, 3.63) is 77.5 Å². The molecule has 0 saturated heterocycles. The van der Waals surface area contributed by atoms with Gasteiger partial charge in [0.2, 0.25) is 5.95 Å². The average Bonchev–Trinajstić information content (AvgIpc) is 2.75. The van der Waals surface area contributed by atoms with Gasteiger partial charge in [-0.2, -0.15) is 4.98 Å². The number of ether oxygens (including phenoxy) is 1. The summed E-state index contributed by atoms with van der Waals surface area (Å²) in [6, 6.07) is 6.52. The maximum atomic E-state index is 14.0. The van der Waals surface area contributed by atoms with E-state index in [1.807, 2.05) is 6.92 Å². The van der Waals surface area contributed by atoms with E-state index in [9.17, 15) is 22.4 Å². The number of rotatable bonds is 8. The molecule has 7 nitrogen and oxygen atoms in total. The van der Waals surface area contributed by atoms with Crippen LogP contribution in [-0.2, 0) is 11.3 Å². The van der Waals surface area contributed by atoms with Crippen LogP contribution in [-0.4, -0.2) is 35.8 Å². The fourth-order valence-corrected chi connectivity index (χ4v) is 2.98. The van der Waals surface area contributed by atoms with E-state index in [2.05, 4.69) is 20.6 Å². The lowest BCUT2D eigenvalue weighted by Crippen LogP contribution is -2.37. The van der Waals surface area contributed by atoms with Crippen LogP contribution in [0.3, 0.4) is 0 Å². The highest BCUT2D eigenvalue weighted by atomic mass is 19.1. The van der Waals surface area contributed by atoms with Crippen LogP contribution in [0, 0.1) is 23.3 Å². The van der Waals surface area contributed by atoms with E-state index in [1.165, 1.54) is 24.4 Å². The number of halogens is 4. The molecule has 3 rings (SSSR count). The molecule has 0 saturated carbocycles. The van der Waals surface area contributed by atoms with Gasteiger partial charge in [-0.15, -0.1) is 0 Å². The minimum Gasteiger partial charge on any atom is -0.383 e. The summed E-state index contributed by atoms with van der Waals surface area (Å²) in [6.45, 7) is 1.66. The molecule has 2 N–H and O–H groups in total. The molecule has 174 valence electrons. The summed E-state index contributed by atoms with van der Waals surface area (Å²) in [5.74, 6) is -3.55. The maximum absolute atomic E-state index is 14.0. The van der Waals surface area contributed by atoms with E-state index in [4.69, 9.17) is 4.74 Å². The number of benzene rings is 2. The van der Waals surface area contributed by atoms with Crippen molar-refractivity contribution >= 4 is 23.5 Å². The lowest BCUT2D eigenvalue weighted by molar-refractivity contribution is 0.190. The predicted octanol–water partition coefficient (Wildman–Crippen LogP) is 4.53. The van der Waals surface area contributed by atoms with E-state index in [-0.39, 0.29) is 23.5 Å². The third-order valence-electron chi connectivity index (χ3n) is 4.47. The van der Waals surface area contributed by atoms with Crippen LogP contribution >= 0.6 is 0 Å². The highest BCUT2D eigenvalue weighted by Gasteiger charge is 2.22. The lowest BCUT2D eigenvalue weighted by Gasteiger charge is -2.23. The van der Waals surface area contributed by atoms with Gasteiger partial charge in [-0.3, -0.25) is 0 Å². The zero-order chi connectivity index (χ0) is 24.0. The number of urea groups is 1. The largest absolute Gasteiger partial charge is 0.383 e. The van der Waals surface area contributed by atoms with Gasteiger partial charge in [0.15, 0.2) is 0 Å². The Balaban J connectivity index is 1.89. The number of carbonyl (C=O) groups is 1. The minimum atomic E-state index is -1.14. The molecule has 3 aromatic rings. The molecule has 33 heavy (non-hydrogen) atoms. The molecule has 0 fully saturated rings. The fraction of sp³-hybridized carbons (Fsp3) is 0.227. The van der Waals surface area contributed by atoms with Crippen molar-refractivity contribution in [3.8, 4) is 0 Å². The normalized spacial score (nSPS) is 11.7. The summed E-state index contributed by atoms with van der Waals surface area (Å²) in [4.78, 5) is 22.5. The summed E-state index contributed by atoms with van der Waals surface area (Å²) < 4.78 is 59.6. The summed E-state index contributed by atoms with van der Waals surface area (Å²) in [6.07, 6.45) is 1.41.